The molecule has 0 saturated carbocycles. The first-order chi connectivity index (χ1) is 8.79. The lowest BCUT2D eigenvalue weighted by Gasteiger charge is -2.07. The van der Waals surface area contributed by atoms with E-state index in [9.17, 15) is 18.0 Å². The van der Waals surface area contributed by atoms with Gasteiger partial charge in [0.1, 0.15) is 0 Å². The molecule has 0 atom stereocenters. The molecule has 5 nitrogen and oxygen atoms in total. The average molecular weight is 296 g/mol. The Kier molecular flexibility index (Phi) is 5.52. The predicted molar refractivity (Wildman–Crippen MR) is 65.9 cm³/mol. The molecule has 0 fully saturated rings. The third-order valence-corrected chi connectivity index (χ3v) is 2.69. The molecule has 19 heavy (non-hydrogen) atoms. The molecule has 1 amide bonds. The van der Waals surface area contributed by atoms with E-state index in [-0.39, 0.29) is 24.0 Å². The summed E-state index contributed by atoms with van der Waals surface area (Å²) in [6.45, 7) is 4.74. The highest BCUT2D eigenvalue weighted by molar-refractivity contribution is 7.09. The molecule has 1 aromatic rings. The normalized spacial score (nSPS) is 11.7. The zero-order valence-corrected chi connectivity index (χ0v) is 11.4. The standard InChI is InChI=1S/C10H15F3N4OS/c1-6(2)5-15-7(18)3-4-14-9-16-8(17-19-9)10(11,12)13/h6H,3-5H2,1-2H3,(H,15,18)(H,14,16,17). The van der Waals surface area contributed by atoms with Gasteiger partial charge in [-0.2, -0.15) is 22.5 Å². The Morgan fingerprint density at radius 1 is 1.42 bits per heavy atom. The molecule has 0 aliphatic rings. The second-order valence-corrected chi connectivity index (χ2v) is 5.05. The van der Waals surface area contributed by atoms with Gasteiger partial charge in [0.25, 0.3) is 0 Å². The molecule has 0 saturated heterocycles. The first kappa shape index (κ1) is 15.7. The van der Waals surface area contributed by atoms with Gasteiger partial charge in [-0.3, -0.25) is 4.79 Å². The number of hydrogen-bond donors (Lipinski definition) is 2. The lowest BCUT2D eigenvalue weighted by Crippen LogP contribution is -2.28. The molecule has 0 aromatic carbocycles. The summed E-state index contributed by atoms with van der Waals surface area (Å²) < 4.78 is 39.8. The van der Waals surface area contributed by atoms with Crippen molar-refractivity contribution in [1.82, 2.24) is 14.7 Å². The van der Waals surface area contributed by atoms with E-state index in [1.54, 1.807) is 0 Å². The van der Waals surface area contributed by atoms with E-state index in [4.69, 9.17) is 0 Å². The van der Waals surface area contributed by atoms with Crippen LogP contribution in [0.25, 0.3) is 0 Å². The Hall–Kier alpha value is -1.38. The van der Waals surface area contributed by atoms with Crippen molar-refractivity contribution in [2.45, 2.75) is 26.4 Å². The number of carbonyl (C=O) groups excluding carboxylic acids is 1. The Labute approximate surface area is 112 Å². The fourth-order valence-corrected chi connectivity index (χ4v) is 1.71. The minimum atomic E-state index is -4.54. The molecular weight excluding hydrogens is 281 g/mol. The highest BCUT2D eigenvalue weighted by Crippen LogP contribution is 2.28. The van der Waals surface area contributed by atoms with Crippen LogP contribution in [0.3, 0.4) is 0 Å². The minimum absolute atomic E-state index is 0.0592. The van der Waals surface area contributed by atoms with Gasteiger partial charge in [0.15, 0.2) is 0 Å². The maximum atomic E-state index is 12.2. The number of aromatic nitrogens is 2. The van der Waals surface area contributed by atoms with Crippen LogP contribution in [0.4, 0.5) is 18.3 Å². The topological polar surface area (TPSA) is 66.9 Å². The number of nitrogens with zero attached hydrogens (tertiary/aromatic N) is 2. The number of nitrogens with one attached hydrogen (secondary N) is 2. The second-order valence-electron chi connectivity index (χ2n) is 4.30. The van der Waals surface area contributed by atoms with Crippen LogP contribution in [0, 0.1) is 5.92 Å². The molecule has 0 aliphatic heterocycles. The molecule has 9 heteroatoms. The Balaban J connectivity index is 2.30. The van der Waals surface area contributed by atoms with E-state index >= 15 is 0 Å². The van der Waals surface area contributed by atoms with Gasteiger partial charge < -0.3 is 10.6 Å². The van der Waals surface area contributed by atoms with Crippen molar-refractivity contribution in [3.05, 3.63) is 5.82 Å². The number of carbonyl (C=O) groups is 1. The van der Waals surface area contributed by atoms with Crippen LogP contribution in [0.1, 0.15) is 26.1 Å². The van der Waals surface area contributed by atoms with E-state index in [0.717, 1.165) is 0 Å². The Morgan fingerprint density at radius 3 is 2.63 bits per heavy atom. The van der Waals surface area contributed by atoms with Gasteiger partial charge in [-0.15, -0.1) is 0 Å². The van der Waals surface area contributed by atoms with Gasteiger partial charge in [0.05, 0.1) is 0 Å². The first-order valence-electron chi connectivity index (χ1n) is 5.70. The van der Waals surface area contributed by atoms with Crippen LogP contribution in [0.2, 0.25) is 0 Å². The molecule has 0 bridgehead atoms. The monoisotopic (exact) mass is 296 g/mol. The summed E-state index contributed by atoms with van der Waals surface area (Å²) in [5.74, 6) is -0.958. The number of alkyl halides is 3. The molecule has 0 unspecified atom stereocenters. The molecule has 2 N–H and O–H groups in total. The van der Waals surface area contributed by atoms with Crippen molar-refractivity contribution in [2.75, 3.05) is 18.4 Å². The van der Waals surface area contributed by atoms with Gasteiger partial charge in [-0.25, -0.2) is 0 Å². The fraction of sp³-hybridized carbons (Fsp3) is 0.700. The van der Waals surface area contributed by atoms with Gasteiger partial charge in [-0.1, -0.05) is 13.8 Å². The molecule has 0 spiro atoms. The smallest absolute Gasteiger partial charge is 0.360 e. The summed E-state index contributed by atoms with van der Waals surface area (Å²) in [7, 11) is 0. The molecule has 108 valence electrons. The number of halogens is 3. The summed E-state index contributed by atoms with van der Waals surface area (Å²) >= 11 is 0.622. The van der Waals surface area contributed by atoms with Crippen molar-refractivity contribution in [3.8, 4) is 0 Å². The predicted octanol–water partition coefficient (Wildman–Crippen LogP) is 2.13. The number of hydrogen-bond acceptors (Lipinski definition) is 5. The minimum Gasteiger partial charge on any atom is -0.360 e. The lowest BCUT2D eigenvalue weighted by molar-refractivity contribution is -0.144. The lowest BCUT2D eigenvalue weighted by atomic mass is 10.2. The third-order valence-electron chi connectivity index (χ3n) is 2.02. The third kappa shape index (κ3) is 5.86. The zero-order valence-electron chi connectivity index (χ0n) is 10.5. The maximum absolute atomic E-state index is 12.2. The van der Waals surface area contributed by atoms with Gasteiger partial charge in [0.2, 0.25) is 16.9 Å². The van der Waals surface area contributed by atoms with E-state index in [0.29, 0.717) is 24.0 Å². The van der Waals surface area contributed by atoms with Crippen LogP contribution in [0.15, 0.2) is 0 Å². The second kappa shape index (κ2) is 6.69. The number of anilines is 1. The average Bonchev–Trinajstić information content (AvgIpc) is 2.74. The molecule has 1 rings (SSSR count). The first-order valence-corrected chi connectivity index (χ1v) is 6.48. The van der Waals surface area contributed by atoms with E-state index in [1.807, 2.05) is 13.8 Å². The Bertz CT molecular complexity index is 419. The van der Waals surface area contributed by atoms with Crippen molar-refractivity contribution in [3.63, 3.8) is 0 Å². The molecule has 1 aromatic heterocycles. The van der Waals surface area contributed by atoms with Gasteiger partial charge in [0, 0.05) is 31.0 Å². The summed E-state index contributed by atoms with van der Waals surface area (Å²) in [6.07, 6.45) is -4.36. The van der Waals surface area contributed by atoms with Crippen LogP contribution in [0.5, 0.6) is 0 Å². The van der Waals surface area contributed by atoms with Crippen LogP contribution in [-0.2, 0) is 11.0 Å². The van der Waals surface area contributed by atoms with Gasteiger partial charge in [-0.05, 0) is 5.92 Å². The SMILES string of the molecule is CC(C)CNC(=O)CCNc1nc(C(F)(F)F)ns1. The maximum Gasteiger partial charge on any atom is 0.452 e. The zero-order chi connectivity index (χ0) is 14.5. The quantitative estimate of drug-likeness (QED) is 0.844. The molecule has 1 heterocycles. The van der Waals surface area contributed by atoms with E-state index in [2.05, 4.69) is 20.0 Å². The number of rotatable bonds is 6. The fourth-order valence-electron chi connectivity index (χ4n) is 1.10. The highest BCUT2D eigenvalue weighted by atomic mass is 32.1. The summed E-state index contributed by atoms with van der Waals surface area (Å²) in [5, 5.41) is 5.41. The van der Waals surface area contributed by atoms with Crippen molar-refractivity contribution < 1.29 is 18.0 Å². The van der Waals surface area contributed by atoms with Gasteiger partial charge >= 0.3 is 6.18 Å². The van der Waals surface area contributed by atoms with E-state index < -0.39 is 12.0 Å². The van der Waals surface area contributed by atoms with Crippen molar-refractivity contribution >= 4 is 22.6 Å². The van der Waals surface area contributed by atoms with Crippen molar-refractivity contribution in [1.29, 1.82) is 0 Å². The summed E-state index contributed by atoms with van der Waals surface area (Å²) in [6, 6.07) is 0. The largest absolute Gasteiger partial charge is 0.452 e. The summed E-state index contributed by atoms with van der Waals surface area (Å²) in [5.41, 5.74) is 0. The van der Waals surface area contributed by atoms with E-state index in [1.165, 1.54) is 0 Å². The summed E-state index contributed by atoms with van der Waals surface area (Å²) in [4.78, 5) is 14.6. The van der Waals surface area contributed by atoms with Crippen LogP contribution in [-0.4, -0.2) is 28.4 Å². The number of amides is 1. The highest BCUT2D eigenvalue weighted by Gasteiger charge is 2.36. The van der Waals surface area contributed by atoms with Crippen LogP contribution < -0.4 is 10.6 Å². The molecule has 0 radical (unpaired) electrons. The van der Waals surface area contributed by atoms with Crippen LogP contribution >= 0.6 is 11.5 Å². The van der Waals surface area contributed by atoms with Crippen molar-refractivity contribution in [2.24, 2.45) is 5.92 Å². The molecule has 0 aliphatic carbocycles. The molecular formula is C10H15F3N4OS. The Morgan fingerprint density at radius 2 is 2.11 bits per heavy atom.